The molecule has 0 atom stereocenters. The summed E-state index contributed by atoms with van der Waals surface area (Å²) >= 11 is 3.04. The summed E-state index contributed by atoms with van der Waals surface area (Å²) in [6, 6.07) is 4.25. The fourth-order valence-electron chi connectivity index (χ4n) is 1.18. The first-order valence-corrected chi connectivity index (χ1v) is 6.34. The van der Waals surface area contributed by atoms with Crippen molar-refractivity contribution in [3.05, 3.63) is 34.1 Å². The van der Waals surface area contributed by atoms with Gasteiger partial charge >= 0.3 is 0 Å². The number of carbonyl (C=O) groups is 1. The van der Waals surface area contributed by atoms with Gasteiger partial charge in [0.2, 0.25) is 0 Å². The fourth-order valence-corrected chi connectivity index (χ4v) is 1.63. The summed E-state index contributed by atoms with van der Waals surface area (Å²) in [4.78, 5) is 12.1. The van der Waals surface area contributed by atoms with Gasteiger partial charge in [-0.15, -0.1) is 0 Å². The number of aliphatic hydroxyl groups is 1. The highest BCUT2D eigenvalue weighted by atomic mass is 79.9. The maximum Gasteiger partial charge on any atom is 0.253 e. The van der Waals surface area contributed by atoms with Gasteiger partial charge in [0.25, 0.3) is 5.91 Å². The zero-order valence-corrected chi connectivity index (χ0v) is 12.4. The smallest absolute Gasteiger partial charge is 0.253 e. The topological polar surface area (TPSA) is 49.3 Å². The number of benzene rings is 1. The van der Waals surface area contributed by atoms with Crippen LogP contribution < -0.4 is 5.32 Å². The second-order valence-electron chi connectivity index (χ2n) is 5.24. The molecular weight excluding hydrogens is 301 g/mol. The quantitative estimate of drug-likeness (QED) is 0.900. The lowest BCUT2D eigenvalue weighted by Crippen LogP contribution is -2.57. The minimum Gasteiger partial charge on any atom is -0.388 e. The largest absolute Gasteiger partial charge is 0.388 e. The van der Waals surface area contributed by atoms with Crippen molar-refractivity contribution in [3.63, 3.8) is 0 Å². The molecule has 2 N–H and O–H groups in total. The summed E-state index contributed by atoms with van der Waals surface area (Å²) in [5.41, 5.74) is -1.73. The van der Waals surface area contributed by atoms with E-state index in [4.69, 9.17) is 0 Å². The lowest BCUT2D eigenvalue weighted by Gasteiger charge is -2.38. The molecule has 0 aliphatic carbocycles. The predicted octanol–water partition coefficient (Wildman–Crippen LogP) is 2.87. The van der Waals surface area contributed by atoms with Crippen LogP contribution >= 0.6 is 15.9 Å². The monoisotopic (exact) mass is 317 g/mol. The molecule has 5 heteroatoms. The van der Waals surface area contributed by atoms with Crippen LogP contribution in [0.25, 0.3) is 0 Å². The third kappa shape index (κ3) is 3.09. The van der Waals surface area contributed by atoms with Crippen LogP contribution in [0.15, 0.2) is 22.7 Å². The molecule has 1 amide bonds. The highest BCUT2D eigenvalue weighted by Crippen LogP contribution is 2.24. The lowest BCUT2D eigenvalue weighted by molar-refractivity contribution is -0.00295. The molecule has 0 aliphatic heterocycles. The Morgan fingerprint density at radius 2 is 1.89 bits per heavy atom. The van der Waals surface area contributed by atoms with E-state index in [2.05, 4.69) is 21.2 Å². The molecule has 0 aromatic heterocycles. The van der Waals surface area contributed by atoms with Crippen LogP contribution in [-0.2, 0) is 0 Å². The standard InChI is InChI=1S/C13H17BrFNO2/c1-12(2,13(3,4)18)16-11(17)8-6-5-7-9(15)10(8)14/h5-7,18H,1-4H3,(H,16,17). The van der Waals surface area contributed by atoms with Crippen molar-refractivity contribution in [2.24, 2.45) is 0 Å². The SMILES string of the molecule is CC(C)(O)C(C)(C)NC(=O)c1cccc(F)c1Br. The van der Waals surface area contributed by atoms with E-state index in [1.54, 1.807) is 27.7 Å². The first-order valence-electron chi connectivity index (χ1n) is 5.55. The summed E-state index contributed by atoms with van der Waals surface area (Å²) in [5, 5.41) is 12.7. The van der Waals surface area contributed by atoms with E-state index in [1.165, 1.54) is 18.2 Å². The molecule has 0 radical (unpaired) electrons. The van der Waals surface area contributed by atoms with Gasteiger partial charge in [0.05, 0.1) is 21.2 Å². The molecule has 3 nitrogen and oxygen atoms in total. The van der Waals surface area contributed by atoms with Gasteiger partial charge in [0, 0.05) is 0 Å². The van der Waals surface area contributed by atoms with Crippen molar-refractivity contribution in [1.82, 2.24) is 5.32 Å². The Bertz CT molecular complexity index is 467. The number of halogens is 2. The highest BCUT2D eigenvalue weighted by molar-refractivity contribution is 9.10. The Kier molecular flexibility index (Phi) is 4.18. The molecule has 0 aliphatic rings. The van der Waals surface area contributed by atoms with E-state index in [0.717, 1.165) is 0 Å². The Morgan fingerprint density at radius 3 is 2.39 bits per heavy atom. The minimum atomic E-state index is -1.09. The van der Waals surface area contributed by atoms with Crippen molar-refractivity contribution in [2.45, 2.75) is 38.8 Å². The van der Waals surface area contributed by atoms with Gasteiger partial charge in [-0.25, -0.2) is 4.39 Å². The van der Waals surface area contributed by atoms with E-state index in [9.17, 15) is 14.3 Å². The van der Waals surface area contributed by atoms with Crippen molar-refractivity contribution in [1.29, 1.82) is 0 Å². The van der Waals surface area contributed by atoms with E-state index < -0.39 is 22.9 Å². The molecular formula is C13H17BrFNO2. The van der Waals surface area contributed by atoms with E-state index in [1.807, 2.05) is 0 Å². The molecule has 0 bridgehead atoms. The molecule has 0 fully saturated rings. The van der Waals surface area contributed by atoms with Gasteiger partial charge in [0.1, 0.15) is 5.82 Å². The van der Waals surface area contributed by atoms with Gasteiger partial charge in [0.15, 0.2) is 0 Å². The van der Waals surface area contributed by atoms with Crippen LogP contribution in [0.3, 0.4) is 0 Å². The average Bonchev–Trinajstić information content (AvgIpc) is 2.19. The van der Waals surface area contributed by atoms with E-state index >= 15 is 0 Å². The third-order valence-corrected chi connectivity index (χ3v) is 3.96. The van der Waals surface area contributed by atoms with Crippen molar-refractivity contribution in [3.8, 4) is 0 Å². The average molecular weight is 318 g/mol. The minimum absolute atomic E-state index is 0.119. The van der Waals surface area contributed by atoms with Crippen LogP contribution in [-0.4, -0.2) is 22.2 Å². The normalized spacial score (nSPS) is 12.4. The summed E-state index contributed by atoms with van der Waals surface area (Å²) in [7, 11) is 0. The number of carbonyl (C=O) groups excluding carboxylic acids is 1. The van der Waals surface area contributed by atoms with Crippen molar-refractivity contribution in [2.75, 3.05) is 0 Å². The fraction of sp³-hybridized carbons (Fsp3) is 0.462. The molecule has 1 aromatic carbocycles. The van der Waals surface area contributed by atoms with Crippen LogP contribution in [0.1, 0.15) is 38.1 Å². The van der Waals surface area contributed by atoms with Crippen LogP contribution in [0.5, 0.6) is 0 Å². The van der Waals surface area contributed by atoms with Gasteiger partial charge in [-0.2, -0.15) is 0 Å². The van der Waals surface area contributed by atoms with Crippen LogP contribution in [0, 0.1) is 5.82 Å². The molecule has 100 valence electrons. The number of nitrogens with one attached hydrogen (secondary N) is 1. The predicted molar refractivity (Wildman–Crippen MR) is 71.9 cm³/mol. The highest BCUT2D eigenvalue weighted by Gasteiger charge is 2.36. The molecule has 0 spiro atoms. The van der Waals surface area contributed by atoms with Crippen LogP contribution in [0.4, 0.5) is 4.39 Å². The third-order valence-electron chi connectivity index (χ3n) is 3.15. The van der Waals surface area contributed by atoms with Gasteiger partial charge in [-0.1, -0.05) is 6.07 Å². The Morgan fingerprint density at radius 1 is 1.33 bits per heavy atom. The maximum atomic E-state index is 13.3. The molecule has 0 saturated heterocycles. The number of rotatable bonds is 3. The van der Waals surface area contributed by atoms with Crippen LogP contribution in [0.2, 0.25) is 0 Å². The van der Waals surface area contributed by atoms with E-state index in [-0.39, 0.29) is 10.0 Å². The molecule has 18 heavy (non-hydrogen) atoms. The Labute approximate surface area is 115 Å². The van der Waals surface area contributed by atoms with Gasteiger partial charge in [-0.3, -0.25) is 4.79 Å². The molecule has 0 heterocycles. The summed E-state index contributed by atoms with van der Waals surface area (Å²) < 4.78 is 13.4. The first kappa shape index (κ1) is 15.1. The molecule has 0 saturated carbocycles. The second kappa shape index (κ2) is 4.97. The lowest BCUT2D eigenvalue weighted by atomic mass is 9.86. The summed E-state index contributed by atoms with van der Waals surface area (Å²) in [6.45, 7) is 6.62. The summed E-state index contributed by atoms with van der Waals surface area (Å²) in [6.07, 6.45) is 0. The second-order valence-corrected chi connectivity index (χ2v) is 6.03. The van der Waals surface area contributed by atoms with Crippen molar-refractivity contribution < 1.29 is 14.3 Å². The van der Waals surface area contributed by atoms with E-state index in [0.29, 0.717) is 0 Å². The number of hydrogen-bond acceptors (Lipinski definition) is 2. The number of amides is 1. The van der Waals surface area contributed by atoms with Gasteiger partial charge < -0.3 is 10.4 Å². The summed E-state index contributed by atoms with van der Waals surface area (Å²) in [5.74, 6) is -0.933. The zero-order valence-electron chi connectivity index (χ0n) is 10.8. The van der Waals surface area contributed by atoms with Crippen molar-refractivity contribution >= 4 is 21.8 Å². The molecule has 1 rings (SSSR count). The zero-order chi connectivity index (χ0) is 14.1. The Hall–Kier alpha value is -0.940. The molecule has 1 aromatic rings. The van der Waals surface area contributed by atoms with Gasteiger partial charge in [-0.05, 0) is 55.8 Å². The Balaban J connectivity index is 3.00. The maximum absolute atomic E-state index is 13.3. The first-order chi connectivity index (χ1) is 8.06. The number of hydrogen-bond donors (Lipinski definition) is 2. The molecule has 0 unspecified atom stereocenters.